The number of benzene rings is 1. The second kappa shape index (κ2) is 6.79. The molecule has 0 heterocycles. The average Bonchev–Trinajstić information content (AvgIpc) is 2.46. The Morgan fingerprint density at radius 1 is 1.28 bits per heavy atom. The molecule has 1 aromatic carbocycles. The zero-order valence-electron chi connectivity index (χ0n) is 11.3. The van der Waals surface area contributed by atoms with Crippen molar-refractivity contribution in [3.63, 3.8) is 0 Å². The highest BCUT2D eigenvalue weighted by Gasteiger charge is 2.21. The van der Waals surface area contributed by atoms with E-state index in [9.17, 15) is 5.11 Å². The maximum Gasteiger partial charge on any atom is 0.119 e. The minimum atomic E-state index is -0.128. The van der Waals surface area contributed by atoms with Crippen LogP contribution in [0.2, 0.25) is 0 Å². The SMILES string of the molecule is COc1cccc(CCC(O)C2CCCCC2)c1. The summed E-state index contributed by atoms with van der Waals surface area (Å²) in [5, 5.41) is 10.2. The van der Waals surface area contributed by atoms with Gasteiger partial charge in [0, 0.05) is 0 Å². The van der Waals surface area contributed by atoms with Crippen molar-refractivity contribution in [2.75, 3.05) is 7.11 Å². The number of aliphatic hydroxyl groups excluding tert-OH is 1. The van der Waals surface area contributed by atoms with Gasteiger partial charge in [-0.3, -0.25) is 0 Å². The maximum atomic E-state index is 10.2. The fourth-order valence-electron chi connectivity index (χ4n) is 2.90. The van der Waals surface area contributed by atoms with E-state index in [4.69, 9.17) is 4.74 Å². The van der Waals surface area contributed by atoms with Crippen LogP contribution >= 0.6 is 0 Å². The summed E-state index contributed by atoms with van der Waals surface area (Å²) in [6.45, 7) is 0. The summed E-state index contributed by atoms with van der Waals surface area (Å²) >= 11 is 0. The van der Waals surface area contributed by atoms with Crippen molar-refractivity contribution >= 4 is 0 Å². The first-order valence-electron chi connectivity index (χ1n) is 7.10. The van der Waals surface area contributed by atoms with E-state index in [0.29, 0.717) is 5.92 Å². The van der Waals surface area contributed by atoms with Crippen molar-refractivity contribution in [1.29, 1.82) is 0 Å². The van der Waals surface area contributed by atoms with Gasteiger partial charge in [-0.05, 0) is 49.3 Å². The Bertz CT molecular complexity index is 356. The minimum absolute atomic E-state index is 0.128. The molecule has 0 aromatic heterocycles. The molecule has 1 N–H and O–H groups in total. The molecule has 0 bridgehead atoms. The molecule has 2 rings (SSSR count). The molecule has 0 amide bonds. The van der Waals surface area contributed by atoms with Crippen molar-refractivity contribution < 1.29 is 9.84 Å². The Labute approximate surface area is 110 Å². The van der Waals surface area contributed by atoms with Crippen LogP contribution in [-0.2, 0) is 6.42 Å². The Morgan fingerprint density at radius 2 is 2.06 bits per heavy atom. The Morgan fingerprint density at radius 3 is 2.78 bits per heavy atom. The second-order valence-corrected chi connectivity index (χ2v) is 5.36. The van der Waals surface area contributed by atoms with E-state index >= 15 is 0 Å². The Kier molecular flexibility index (Phi) is 5.06. The highest BCUT2D eigenvalue weighted by atomic mass is 16.5. The molecule has 0 saturated heterocycles. The third-order valence-electron chi connectivity index (χ3n) is 4.06. The van der Waals surface area contributed by atoms with Crippen molar-refractivity contribution in [3.8, 4) is 5.75 Å². The van der Waals surface area contributed by atoms with Gasteiger partial charge in [0.1, 0.15) is 5.75 Å². The minimum Gasteiger partial charge on any atom is -0.497 e. The van der Waals surface area contributed by atoms with Gasteiger partial charge in [-0.1, -0.05) is 31.4 Å². The van der Waals surface area contributed by atoms with Gasteiger partial charge in [-0.25, -0.2) is 0 Å². The predicted octanol–water partition coefficient (Wildman–Crippen LogP) is 3.57. The van der Waals surface area contributed by atoms with Crippen molar-refractivity contribution in [1.82, 2.24) is 0 Å². The third kappa shape index (κ3) is 3.74. The van der Waals surface area contributed by atoms with Gasteiger partial charge in [-0.2, -0.15) is 0 Å². The molecular weight excluding hydrogens is 224 g/mol. The monoisotopic (exact) mass is 248 g/mol. The van der Waals surface area contributed by atoms with E-state index in [-0.39, 0.29) is 6.10 Å². The standard InChI is InChI=1S/C16H24O2/c1-18-15-9-5-6-13(12-15)10-11-16(17)14-7-3-2-4-8-14/h5-6,9,12,14,16-17H,2-4,7-8,10-11H2,1H3. The van der Waals surface area contributed by atoms with Gasteiger partial charge in [0.25, 0.3) is 0 Å². The zero-order valence-corrected chi connectivity index (χ0v) is 11.3. The first-order chi connectivity index (χ1) is 8.79. The van der Waals surface area contributed by atoms with Crippen LogP contribution in [-0.4, -0.2) is 18.3 Å². The summed E-state index contributed by atoms with van der Waals surface area (Å²) in [5.74, 6) is 1.43. The molecular formula is C16H24O2. The summed E-state index contributed by atoms with van der Waals surface area (Å²) in [6.07, 6.45) is 8.03. The highest BCUT2D eigenvalue weighted by molar-refractivity contribution is 5.28. The van der Waals surface area contributed by atoms with Crippen molar-refractivity contribution in [2.45, 2.75) is 51.0 Å². The number of ether oxygens (including phenoxy) is 1. The van der Waals surface area contributed by atoms with Crippen LogP contribution in [0.15, 0.2) is 24.3 Å². The Hall–Kier alpha value is -1.02. The smallest absolute Gasteiger partial charge is 0.119 e. The van der Waals surface area contributed by atoms with Gasteiger partial charge < -0.3 is 9.84 Å². The van der Waals surface area contributed by atoms with Gasteiger partial charge in [0.2, 0.25) is 0 Å². The molecule has 2 nitrogen and oxygen atoms in total. The fraction of sp³-hybridized carbons (Fsp3) is 0.625. The fourth-order valence-corrected chi connectivity index (χ4v) is 2.90. The van der Waals surface area contributed by atoms with Crippen LogP contribution in [0, 0.1) is 5.92 Å². The molecule has 100 valence electrons. The van der Waals surface area contributed by atoms with Crippen molar-refractivity contribution in [3.05, 3.63) is 29.8 Å². The number of aliphatic hydroxyl groups is 1. The van der Waals surface area contributed by atoms with Gasteiger partial charge in [0.05, 0.1) is 13.2 Å². The molecule has 18 heavy (non-hydrogen) atoms. The van der Waals surface area contributed by atoms with E-state index in [0.717, 1.165) is 18.6 Å². The lowest BCUT2D eigenvalue weighted by atomic mass is 9.83. The molecule has 1 atom stereocenters. The predicted molar refractivity (Wildman–Crippen MR) is 73.9 cm³/mol. The van der Waals surface area contributed by atoms with E-state index in [1.807, 2.05) is 12.1 Å². The summed E-state index contributed by atoms with van der Waals surface area (Å²) in [4.78, 5) is 0. The van der Waals surface area contributed by atoms with Gasteiger partial charge in [-0.15, -0.1) is 0 Å². The number of hydrogen-bond donors (Lipinski definition) is 1. The van der Waals surface area contributed by atoms with Crippen LogP contribution in [0.5, 0.6) is 5.75 Å². The zero-order chi connectivity index (χ0) is 12.8. The van der Waals surface area contributed by atoms with E-state index in [2.05, 4.69) is 12.1 Å². The number of rotatable bonds is 5. The molecule has 1 aliphatic rings. The Balaban J connectivity index is 1.82. The summed E-state index contributed by atoms with van der Waals surface area (Å²) in [5.41, 5.74) is 1.25. The normalized spacial score (nSPS) is 18.6. The molecule has 0 radical (unpaired) electrons. The molecule has 1 aromatic rings. The number of hydrogen-bond acceptors (Lipinski definition) is 2. The molecule has 1 aliphatic carbocycles. The van der Waals surface area contributed by atoms with E-state index in [1.165, 1.54) is 37.7 Å². The lowest BCUT2D eigenvalue weighted by molar-refractivity contribution is 0.0775. The van der Waals surface area contributed by atoms with Gasteiger partial charge in [0.15, 0.2) is 0 Å². The van der Waals surface area contributed by atoms with Crippen LogP contribution < -0.4 is 4.74 Å². The summed E-state index contributed by atoms with van der Waals surface area (Å²) in [6, 6.07) is 8.14. The lowest BCUT2D eigenvalue weighted by Gasteiger charge is -2.26. The number of methoxy groups -OCH3 is 1. The van der Waals surface area contributed by atoms with E-state index < -0.39 is 0 Å². The van der Waals surface area contributed by atoms with Crippen LogP contribution in [0.25, 0.3) is 0 Å². The molecule has 0 aliphatic heterocycles. The lowest BCUT2D eigenvalue weighted by Crippen LogP contribution is -2.23. The first kappa shape index (κ1) is 13.4. The van der Waals surface area contributed by atoms with Gasteiger partial charge >= 0.3 is 0 Å². The average molecular weight is 248 g/mol. The molecule has 2 heteroatoms. The second-order valence-electron chi connectivity index (χ2n) is 5.36. The number of aryl methyl sites for hydroxylation is 1. The molecule has 0 spiro atoms. The maximum absolute atomic E-state index is 10.2. The van der Waals surface area contributed by atoms with E-state index in [1.54, 1.807) is 7.11 Å². The first-order valence-corrected chi connectivity index (χ1v) is 7.10. The molecule has 1 fully saturated rings. The molecule has 1 saturated carbocycles. The summed E-state index contributed by atoms with van der Waals surface area (Å²) in [7, 11) is 1.69. The summed E-state index contributed by atoms with van der Waals surface area (Å²) < 4.78 is 5.22. The quantitative estimate of drug-likeness (QED) is 0.863. The van der Waals surface area contributed by atoms with Crippen molar-refractivity contribution in [2.24, 2.45) is 5.92 Å². The largest absolute Gasteiger partial charge is 0.497 e. The topological polar surface area (TPSA) is 29.5 Å². The van der Waals surface area contributed by atoms with Crippen LogP contribution in [0.1, 0.15) is 44.1 Å². The van der Waals surface area contributed by atoms with Crippen LogP contribution in [0.3, 0.4) is 0 Å². The highest BCUT2D eigenvalue weighted by Crippen LogP contribution is 2.28. The van der Waals surface area contributed by atoms with Crippen LogP contribution in [0.4, 0.5) is 0 Å². The third-order valence-corrected chi connectivity index (χ3v) is 4.06. The molecule has 1 unspecified atom stereocenters.